The van der Waals surface area contributed by atoms with Gasteiger partial charge in [0.2, 0.25) is 0 Å². The van der Waals surface area contributed by atoms with E-state index in [-0.39, 0.29) is 109 Å². The molecule has 10 N–H and O–H groups in total. The van der Waals surface area contributed by atoms with Gasteiger partial charge in [-0.1, -0.05) is 192 Å². The first kappa shape index (κ1) is 83.3. The Morgan fingerprint density at radius 2 is 0.650 bits per heavy atom. The summed E-state index contributed by atoms with van der Waals surface area (Å²) in [5.41, 5.74) is 12.2. The van der Waals surface area contributed by atoms with Gasteiger partial charge < -0.3 is 51.1 Å². The largest absolute Gasteiger partial charge is 0.507 e. The highest BCUT2D eigenvalue weighted by atomic mass is 16.4. The molecule has 100 heavy (non-hydrogen) atoms. The van der Waals surface area contributed by atoms with Crippen molar-refractivity contribution in [1.82, 2.24) is 0 Å². The highest BCUT2D eigenvalue weighted by Gasteiger charge is 2.40. The maximum absolute atomic E-state index is 11.9. The van der Waals surface area contributed by atoms with Crippen molar-refractivity contribution in [3.63, 3.8) is 0 Å². The molecule has 8 atom stereocenters. The zero-order valence-corrected chi connectivity index (χ0v) is 64.1. The van der Waals surface area contributed by atoms with Gasteiger partial charge in [0.05, 0.1) is 0 Å². The maximum atomic E-state index is 11.9. The van der Waals surface area contributed by atoms with Crippen LogP contribution in [0.15, 0.2) is 107 Å². The lowest BCUT2D eigenvalue weighted by atomic mass is 9.65. The lowest BCUT2D eigenvalue weighted by Crippen LogP contribution is -2.29. The molecule has 12 nitrogen and oxygen atoms in total. The third-order valence-corrected chi connectivity index (χ3v) is 21.7. The molecule has 4 aromatic carbocycles. The Morgan fingerprint density at radius 1 is 0.390 bits per heavy atom. The fourth-order valence-corrected chi connectivity index (χ4v) is 16.1. The van der Waals surface area contributed by atoms with E-state index < -0.39 is 11.9 Å². The third-order valence-electron chi connectivity index (χ3n) is 21.7. The van der Waals surface area contributed by atoms with E-state index in [1.54, 1.807) is 6.07 Å². The molecular formula is C88H128O12. The Bertz CT molecular complexity index is 3530. The number of hydrogen-bond donors (Lipinski definition) is 10. The SMILES string of the molecule is C=C(C)[C@@H]1CCC(C)=C[C@H]1c1c(O)cc(CCCCC)c(C(=O)O)c1O.C=C(C)[C@@H]1CCC(C)=C[C@H]1c1c(O)cc(CCCCC)cc1O.CCCCCc1cc(O)c([C@@H]2C=C(C)CC[C@H]2C(C)(C)C)c(O)c1.CCCCCc1cc(O)c([C@@H]2C=C(C)CC[C@H]2C(C)(C)C)c(O)c1C(=O)O. The van der Waals surface area contributed by atoms with Crippen molar-refractivity contribution in [2.75, 3.05) is 0 Å². The molecule has 0 aliphatic heterocycles. The molecule has 4 aliphatic carbocycles. The number of benzene rings is 4. The first-order valence-electron chi connectivity index (χ1n) is 37.7. The number of aromatic carboxylic acids is 2. The molecule has 0 saturated heterocycles. The fourth-order valence-electron chi connectivity index (χ4n) is 16.1. The Morgan fingerprint density at radius 3 is 0.950 bits per heavy atom. The minimum absolute atomic E-state index is 0.00852. The van der Waals surface area contributed by atoms with Gasteiger partial charge >= 0.3 is 11.9 Å². The number of phenols is 8. The Hall–Kier alpha value is -7.34. The number of aryl methyl sites for hydroxylation is 4. The zero-order valence-electron chi connectivity index (χ0n) is 64.1. The van der Waals surface area contributed by atoms with Crippen LogP contribution in [-0.4, -0.2) is 63.0 Å². The average molecular weight is 1380 g/mol. The van der Waals surface area contributed by atoms with Crippen molar-refractivity contribution in [3.05, 3.63) is 163 Å². The van der Waals surface area contributed by atoms with Crippen LogP contribution in [0.3, 0.4) is 0 Å². The number of carboxylic acids is 2. The number of carboxylic acid groups (broad SMARTS) is 2. The molecule has 0 heterocycles. The van der Waals surface area contributed by atoms with Gasteiger partial charge in [0.15, 0.2) is 0 Å². The van der Waals surface area contributed by atoms with Crippen molar-refractivity contribution in [2.45, 2.75) is 289 Å². The Kier molecular flexibility index (Phi) is 31.7. The minimum Gasteiger partial charge on any atom is -0.507 e. The third kappa shape index (κ3) is 22.3. The Labute approximate surface area is 601 Å². The van der Waals surface area contributed by atoms with Crippen LogP contribution in [0.2, 0.25) is 0 Å². The average Bonchev–Trinajstić information content (AvgIpc) is 0.775. The summed E-state index contributed by atoms with van der Waals surface area (Å²) in [6.07, 6.45) is 32.1. The van der Waals surface area contributed by atoms with Gasteiger partial charge in [-0.3, -0.25) is 0 Å². The summed E-state index contributed by atoms with van der Waals surface area (Å²) >= 11 is 0. The molecule has 0 aromatic heterocycles. The van der Waals surface area contributed by atoms with Crippen LogP contribution in [0.1, 0.15) is 328 Å². The van der Waals surface area contributed by atoms with Crippen LogP contribution in [0.5, 0.6) is 46.0 Å². The number of allylic oxidation sites excluding steroid dienone is 10. The zero-order chi connectivity index (χ0) is 74.7. The topological polar surface area (TPSA) is 236 Å². The van der Waals surface area contributed by atoms with E-state index in [2.05, 4.69) is 121 Å². The fraction of sp³-hybridized carbons (Fsp3) is 0.568. The molecule has 0 saturated carbocycles. The van der Waals surface area contributed by atoms with Crippen molar-refractivity contribution in [1.29, 1.82) is 0 Å². The standard InChI is InChI=1S/C23H34O4.C22H30O4.C22H34O2.C21H30O2/c1-6-7-8-9-15-13-18(24)20(21(25)19(15)22(26)27)16-12-14(2)10-11-17(16)23(3,4)5;1-5-6-7-8-15-12-18(23)20(21(24)19(15)22(25)26)17-11-14(4)9-10-16(17)13(2)3;1-6-7-8-9-16-13-19(23)21(20(24)14-16)17-12-15(2)10-11-18(17)22(3,4)5;1-5-6-7-8-16-12-19(22)21(20(23)13-16)18-11-15(4)9-10-17(18)14(2)3/h12-13,16-17,24-25H,6-11H2,1-5H3,(H,26,27);11-12,16-17,23-24H,2,5-10H2,1,3-4H3,(H,25,26);12-14,17-18,23-24H,6-11H2,1-5H3;11-13,17-18,22-23H,2,5-10H2,1,3-4H3/t16-,17-;16-,17+;17-,18-;17-,18+/m1010/s1. The summed E-state index contributed by atoms with van der Waals surface area (Å²) in [6.45, 7) is 42.3. The van der Waals surface area contributed by atoms with E-state index >= 15 is 0 Å². The first-order valence-corrected chi connectivity index (χ1v) is 37.7. The summed E-state index contributed by atoms with van der Waals surface area (Å²) in [6, 6.07) is 10.5. The molecule has 0 bridgehead atoms. The van der Waals surface area contributed by atoms with Crippen LogP contribution in [0.25, 0.3) is 0 Å². The van der Waals surface area contributed by atoms with E-state index in [4.69, 9.17) is 0 Å². The number of phenolic OH excluding ortho intramolecular Hbond substituents is 6. The highest BCUT2D eigenvalue weighted by molar-refractivity contribution is 5.94. The van der Waals surface area contributed by atoms with Gasteiger partial charge in [-0.25, -0.2) is 9.59 Å². The molecule has 0 radical (unpaired) electrons. The molecule has 4 aromatic rings. The van der Waals surface area contributed by atoms with Gasteiger partial charge in [0.25, 0.3) is 0 Å². The molecule has 552 valence electrons. The van der Waals surface area contributed by atoms with Gasteiger partial charge in [0.1, 0.15) is 57.1 Å². The second kappa shape index (κ2) is 38.1. The first-order chi connectivity index (χ1) is 47.0. The summed E-state index contributed by atoms with van der Waals surface area (Å²) < 4.78 is 0. The second-order valence-electron chi connectivity index (χ2n) is 32.1. The van der Waals surface area contributed by atoms with E-state index in [1.807, 2.05) is 51.1 Å². The van der Waals surface area contributed by atoms with Gasteiger partial charge in [-0.05, 0) is 237 Å². The Balaban J connectivity index is 0.000000241. The highest BCUT2D eigenvalue weighted by Crippen LogP contribution is 2.54. The summed E-state index contributed by atoms with van der Waals surface area (Å²) in [5, 5.41) is 105. The molecular weight excluding hydrogens is 1250 g/mol. The van der Waals surface area contributed by atoms with Gasteiger partial charge in [0, 0.05) is 45.9 Å². The monoisotopic (exact) mass is 1380 g/mol. The van der Waals surface area contributed by atoms with Crippen LogP contribution >= 0.6 is 0 Å². The van der Waals surface area contributed by atoms with Crippen molar-refractivity contribution in [2.24, 2.45) is 34.5 Å². The molecule has 0 fully saturated rings. The van der Waals surface area contributed by atoms with E-state index in [0.717, 1.165) is 138 Å². The number of unbranched alkanes of at least 4 members (excludes halogenated alkanes) is 8. The summed E-state index contributed by atoms with van der Waals surface area (Å²) in [4.78, 5) is 23.7. The predicted octanol–water partition coefficient (Wildman–Crippen LogP) is 23.7. The van der Waals surface area contributed by atoms with Crippen molar-refractivity contribution >= 4 is 11.9 Å². The lowest BCUT2D eigenvalue weighted by Gasteiger charge is -2.40. The van der Waals surface area contributed by atoms with Gasteiger partial charge in [-0.2, -0.15) is 0 Å². The molecule has 8 rings (SSSR count). The van der Waals surface area contributed by atoms with Crippen LogP contribution in [-0.2, 0) is 25.7 Å². The second-order valence-corrected chi connectivity index (χ2v) is 32.1. The molecule has 4 aliphatic rings. The maximum Gasteiger partial charge on any atom is 0.339 e. The molecule has 0 unspecified atom stereocenters. The van der Waals surface area contributed by atoms with Crippen molar-refractivity contribution < 1.29 is 60.7 Å². The molecule has 0 spiro atoms. The number of carbonyl (C=O) groups is 2. The van der Waals surface area contributed by atoms with E-state index in [9.17, 15) is 60.7 Å². The molecule has 12 heteroatoms. The quantitative estimate of drug-likeness (QED) is 0.0233. The number of aromatic hydroxyl groups is 8. The van der Waals surface area contributed by atoms with E-state index in [0.29, 0.717) is 52.1 Å². The summed E-state index contributed by atoms with van der Waals surface area (Å²) in [7, 11) is 0. The van der Waals surface area contributed by atoms with Crippen LogP contribution in [0.4, 0.5) is 0 Å². The number of rotatable bonds is 24. The van der Waals surface area contributed by atoms with E-state index in [1.165, 1.54) is 54.0 Å². The van der Waals surface area contributed by atoms with Crippen LogP contribution < -0.4 is 0 Å². The minimum atomic E-state index is -1.15. The van der Waals surface area contributed by atoms with Crippen LogP contribution in [0, 0.1) is 34.5 Å². The number of hydrogen-bond acceptors (Lipinski definition) is 10. The summed E-state index contributed by atoms with van der Waals surface area (Å²) in [5.74, 6) is -1.28. The predicted molar refractivity (Wildman–Crippen MR) is 411 cm³/mol. The van der Waals surface area contributed by atoms with Crippen molar-refractivity contribution in [3.8, 4) is 46.0 Å². The smallest absolute Gasteiger partial charge is 0.339 e. The van der Waals surface area contributed by atoms with Gasteiger partial charge in [-0.15, -0.1) is 0 Å². The molecule has 0 amide bonds. The normalized spacial score (nSPS) is 20.7. The lowest BCUT2D eigenvalue weighted by molar-refractivity contribution is 0.0680.